The first-order valence-corrected chi connectivity index (χ1v) is 7.53. The second kappa shape index (κ2) is 7.14. The third-order valence-electron chi connectivity index (χ3n) is 2.98. The van der Waals surface area contributed by atoms with Gasteiger partial charge in [0.15, 0.2) is 6.54 Å². The predicted molar refractivity (Wildman–Crippen MR) is 82.2 cm³/mol. The molecule has 0 aliphatic carbocycles. The minimum absolute atomic E-state index is 0.0176. The molecule has 0 spiro atoms. The maximum Gasteiger partial charge on any atom is 0.275 e. The lowest BCUT2D eigenvalue weighted by atomic mass is 10.3. The van der Waals surface area contributed by atoms with Crippen LogP contribution in [0, 0.1) is 0 Å². The van der Waals surface area contributed by atoms with E-state index in [9.17, 15) is 9.59 Å². The zero-order valence-corrected chi connectivity index (χ0v) is 12.9. The first kappa shape index (κ1) is 15.4. The van der Waals surface area contributed by atoms with Gasteiger partial charge in [-0.25, -0.2) is 4.98 Å². The minimum atomic E-state index is -0.202. The van der Waals surface area contributed by atoms with Crippen LogP contribution in [0.25, 0.3) is 10.2 Å². The molecule has 21 heavy (non-hydrogen) atoms. The molecule has 0 saturated carbocycles. The molecule has 1 aromatic carbocycles. The van der Waals surface area contributed by atoms with Crippen LogP contribution in [-0.4, -0.2) is 44.0 Å². The average Bonchev–Trinajstić information content (AvgIpc) is 2.86. The van der Waals surface area contributed by atoms with Crippen LogP contribution >= 0.6 is 11.3 Å². The van der Waals surface area contributed by atoms with Crippen molar-refractivity contribution in [3.63, 3.8) is 0 Å². The third-order valence-corrected chi connectivity index (χ3v) is 4.01. The van der Waals surface area contributed by atoms with Crippen molar-refractivity contribution < 1.29 is 14.5 Å². The Morgan fingerprint density at radius 2 is 2.05 bits per heavy atom. The molecule has 1 unspecified atom stereocenters. The summed E-state index contributed by atoms with van der Waals surface area (Å²) in [5, 5.41) is 6.05. The quantitative estimate of drug-likeness (QED) is 0.652. The van der Waals surface area contributed by atoms with Gasteiger partial charge < -0.3 is 15.5 Å². The minimum Gasteiger partial charge on any atom is -0.358 e. The van der Waals surface area contributed by atoms with Crippen LogP contribution < -0.4 is 15.5 Å². The molecule has 3 N–H and O–H groups in total. The molecule has 0 aliphatic rings. The van der Waals surface area contributed by atoms with E-state index in [4.69, 9.17) is 0 Å². The number of hydrogen-bond donors (Lipinski definition) is 3. The van der Waals surface area contributed by atoms with E-state index >= 15 is 0 Å². The molecule has 2 aromatic rings. The van der Waals surface area contributed by atoms with Gasteiger partial charge in [-0.3, -0.25) is 9.59 Å². The van der Waals surface area contributed by atoms with Gasteiger partial charge in [-0.05, 0) is 12.1 Å². The fourth-order valence-electron chi connectivity index (χ4n) is 1.92. The molecule has 0 saturated heterocycles. The van der Waals surface area contributed by atoms with E-state index in [1.54, 1.807) is 18.4 Å². The first-order chi connectivity index (χ1) is 10.1. The number of nitrogens with one attached hydrogen (secondary N) is 3. The summed E-state index contributed by atoms with van der Waals surface area (Å²) < 4.78 is 1.16. The zero-order chi connectivity index (χ0) is 15.2. The van der Waals surface area contributed by atoms with Gasteiger partial charge in [-0.15, -0.1) is 11.3 Å². The lowest BCUT2D eigenvalue weighted by Gasteiger charge is -2.11. The Balaban J connectivity index is 1.85. The van der Waals surface area contributed by atoms with Gasteiger partial charge in [0.25, 0.3) is 5.91 Å². The second-order valence-corrected chi connectivity index (χ2v) is 5.95. The van der Waals surface area contributed by atoms with Gasteiger partial charge in [-0.1, -0.05) is 12.1 Å². The monoisotopic (exact) mass is 307 g/mol. The summed E-state index contributed by atoms with van der Waals surface area (Å²) >= 11 is 1.65. The Kier molecular flexibility index (Phi) is 5.24. The highest BCUT2D eigenvalue weighted by Gasteiger charge is 2.13. The fraction of sp³-hybridized carbons (Fsp3) is 0.357. The van der Waals surface area contributed by atoms with Crippen molar-refractivity contribution in [3.05, 3.63) is 29.3 Å². The SMILES string of the molecule is CNC(=O)CNC(=O)C[NH+](C)Cc1nc2ccccc2s1. The Hall–Kier alpha value is -1.99. The van der Waals surface area contributed by atoms with Gasteiger partial charge in [-0.2, -0.15) is 0 Å². The molecule has 7 heteroatoms. The zero-order valence-electron chi connectivity index (χ0n) is 12.1. The maximum atomic E-state index is 11.7. The number of nitrogens with zero attached hydrogens (tertiary/aromatic N) is 1. The summed E-state index contributed by atoms with van der Waals surface area (Å²) in [6.45, 7) is 1.02. The molecule has 1 aromatic heterocycles. The van der Waals surface area contributed by atoms with Gasteiger partial charge in [0, 0.05) is 7.05 Å². The number of rotatable bonds is 6. The van der Waals surface area contributed by atoms with Crippen LogP contribution in [-0.2, 0) is 16.1 Å². The number of carbonyl (C=O) groups excluding carboxylic acids is 2. The maximum absolute atomic E-state index is 11.7. The summed E-state index contributed by atoms with van der Waals surface area (Å²) in [4.78, 5) is 28.3. The number of benzene rings is 1. The largest absolute Gasteiger partial charge is 0.358 e. The van der Waals surface area contributed by atoms with Gasteiger partial charge in [0.05, 0.1) is 23.8 Å². The number of likely N-dealkylation sites (N-methyl/N-ethyl adjacent to an activating group) is 2. The van der Waals surface area contributed by atoms with Gasteiger partial charge in [0.2, 0.25) is 5.91 Å². The summed E-state index contributed by atoms with van der Waals surface area (Å²) in [5.74, 6) is -0.343. The van der Waals surface area contributed by atoms with Crippen molar-refractivity contribution in [2.24, 2.45) is 0 Å². The van der Waals surface area contributed by atoms with Crippen LogP contribution in [0.15, 0.2) is 24.3 Å². The standard InChI is InChI=1S/C14H18N4O2S/c1-15-12(19)7-16-13(20)8-18(2)9-14-17-10-5-3-4-6-11(10)21-14/h3-6H,7-9H2,1-2H3,(H,15,19)(H,16,20)/p+1. The highest BCUT2D eigenvalue weighted by atomic mass is 32.1. The van der Waals surface area contributed by atoms with Crippen molar-refractivity contribution in [1.82, 2.24) is 15.6 Å². The molecule has 2 rings (SSSR count). The molecule has 2 amide bonds. The lowest BCUT2D eigenvalue weighted by molar-refractivity contribution is -0.885. The highest BCUT2D eigenvalue weighted by Crippen LogP contribution is 2.20. The van der Waals surface area contributed by atoms with Gasteiger partial charge in [0.1, 0.15) is 11.6 Å². The van der Waals surface area contributed by atoms with Crippen molar-refractivity contribution in [2.45, 2.75) is 6.54 Å². The predicted octanol–water partition coefficient (Wildman–Crippen LogP) is -0.827. The molecule has 1 heterocycles. The number of fused-ring (bicyclic) bond motifs is 1. The first-order valence-electron chi connectivity index (χ1n) is 6.71. The topological polar surface area (TPSA) is 75.5 Å². The Morgan fingerprint density at radius 1 is 1.29 bits per heavy atom. The van der Waals surface area contributed by atoms with E-state index in [1.807, 2.05) is 31.3 Å². The average molecular weight is 307 g/mol. The Labute approximate surface area is 127 Å². The third kappa shape index (κ3) is 4.51. The molecule has 6 nitrogen and oxygen atoms in total. The summed E-state index contributed by atoms with van der Waals surface area (Å²) in [7, 11) is 3.48. The van der Waals surface area contributed by atoms with E-state index in [2.05, 4.69) is 15.6 Å². The Morgan fingerprint density at radius 3 is 2.76 bits per heavy atom. The number of aromatic nitrogens is 1. The number of carbonyl (C=O) groups is 2. The summed E-state index contributed by atoms with van der Waals surface area (Å²) in [6, 6.07) is 7.99. The van der Waals surface area contributed by atoms with Crippen molar-refractivity contribution >= 4 is 33.4 Å². The fourth-order valence-corrected chi connectivity index (χ4v) is 3.00. The van der Waals surface area contributed by atoms with E-state index < -0.39 is 0 Å². The molecule has 112 valence electrons. The molecule has 0 fully saturated rings. The molecular formula is C14H19N4O2S+. The van der Waals surface area contributed by atoms with Crippen LogP contribution in [0.5, 0.6) is 0 Å². The van der Waals surface area contributed by atoms with Crippen LogP contribution in [0.1, 0.15) is 5.01 Å². The Bertz CT molecular complexity index is 608. The van der Waals surface area contributed by atoms with Crippen molar-refractivity contribution in [1.29, 1.82) is 0 Å². The molecular weight excluding hydrogens is 288 g/mol. The summed E-state index contributed by atoms with van der Waals surface area (Å²) in [5.41, 5.74) is 0.995. The lowest BCUT2D eigenvalue weighted by Crippen LogP contribution is -3.08. The normalized spacial score (nSPS) is 12.1. The van der Waals surface area contributed by atoms with Crippen LogP contribution in [0.2, 0.25) is 0 Å². The number of quaternary nitrogens is 1. The number of para-hydroxylation sites is 1. The number of hydrogen-bond acceptors (Lipinski definition) is 4. The van der Waals surface area contributed by atoms with Crippen molar-refractivity contribution in [3.8, 4) is 0 Å². The van der Waals surface area contributed by atoms with E-state index in [0.29, 0.717) is 13.1 Å². The molecule has 0 aliphatic heterocycles. The van der Waals surface area contributed by atoms with E-state index in [1.165, 1.54) is 0 Å². The van der Waals surface area contributed by atoms with E-state index in [-0.39, 0.29) is 18.4 Å². The summed E-state index contributed by atoms with van der Waals surface area (Å²) in [6.07, 6.45) is 0. The van der Waals surface area contributed by atoms with Gasteiger partial charge >= 0.3 is 0 Å². The smallest absolute Gasteiger partial charge is 0.275 e. The molecule has 1 atom stereocenters. The van der Waals surface area contributed by atoms with Crippen molar-refractivity contribution in [2.75, 3.05) is 27.2 Å². The highest BCUT2D eigenvalue weighted by molar-refractivity contribution is 7.18. The molecule has 0 bridgehead atoms. The number of amides is 2. The van der Waals surface area contributed by atoms with Crippen LogP contribution in [0.3, 0.4) is 0 Å². The van der Waals surface area contributed by atoms with E-state index in [0.717, 1.165) is 20.1 Å². The van der Waals surface area contributed by atoms with Crippen LogP contribution in [0.4, 0.5) is 0 Å². The second-order valence-electron chi connectivity index (χ2n) is 4.84. The number of thiazole rings is 1. The molecule has 0 radical (unpaired) electrons.